The van der Waals surface area contributed by atoms with Gasteiger partial charge in [-0.1, -0.05) is 0 Å². The highest BCUT2D eigenvalue weighted by atomic mass is 35.5. The Labute approximate surface area is 96.7 Å². The molecule has 2 fully saturated rings. The van der Waals surface area contributed by atoms with Crippen LogP contribution in [0.2, 0.25) is 0 Å². The lowest BCUT2D eigenvalue weighted by Gasteiger charge is -2.29. The molecule has 2 rings (SSSR count). The fraction of sp³-hybridized carbons (Fsp3) is 0.900. The van der Waals surface area contributed by atoms with Gasteiger partial charge >= 0.3 is 6.09 Å². The van der Waals surface area contributed by atoms with Gasteiger partial charge in [0.25, 0.3) is 0 Å². The van der Waals surface area contributed by atoms with Crippen LogP contribution in [0.25, 0.3) is 0 Å². The number of carbonyl (C=O) groups is 1. The summed E-state index contributed by atoms with van der Waals surface area (Å²) in [4.78, 5) is 13.5. The molecule has 1 amide bonds. The summed E-state index contributed by atoms with van der Waals surface area (Å²) in [5.41, 5.74) is -0.383. The highest BCUT2D eigenvalue weighted by molar-refractivity contribution is 5.85. The van der Waals surface area contributed by atoms with Crippen LogP contribution < -0.4 is 5.32 Å². The number of hydrogen-bond acceptors (Lipinski definition) is 3. The van der Waals surface area contributed by atoms with Gasteiger partial charge in [0, 0.05) is 31.6 Å². The van der Waals surface area contributed by atoms with Crippen molar-refractivity contribution in [2.75, 3.05) is 19.6 Å². The van der Waals surface area contributed by atoms with Crippen molar-refractivity contribution in [3.63, 3.8) is 0 Å². The van der Waals surface area contributed by atoms with Crippen molar-refractivity contribution >= 4 is 18.5 Å². The van der Waals surface area contributed by atoms with E-state index in [9.17, 15) is 4.79 Å². The number of nitrogens with zero attached hydrogens (tertiary/aromatic N) is 1. The Morgan fingerprint density at radius 1 is 1.40 bits per heavy atom. The Morgan fingerprint density at radius 3 is 2.40 bits per heavy atom. The second kappa shape index (κ2) is 4.18. The first-order chi connectivity index (χ1) is 6.46. The summed E-state index contributed by atoms with van der Waals surface area (Å²) >= 11 is 0. The largest absolute Gasteiger partial charge is 0.444 e. The van der Waals surface area contributed by atoms with E-state index in [1.54, 1.807) is 4.90 Å². The van der Waals surface area contributed by atoms with Crippen LogP contribution in [0.4, 0.5) is 4.79 Å². The Kier molecular flexibility index (Phi) is 3.51. The third kappa shape index (κ3) is 2.75. The first-order valence-electron chi connectivity index (χ1n) is 5.17. The third-order valence-corrected chi connectivity index (χ3v) is 2.73. The molecule has 5 heteroatoms. The fourth-order valence-corrected chi connectivity index (χ4v) is 1.93. The fourth-order valence-electron chi connectivity index (χ4n) is 1.93. The highest BCUT2D eigenvalue weighted by Gasteiger charge is 2.41. The van der Waals surface area contributed by atoms with Gasteiger partial charge in [-0.15, -0.1) is 12.4 Å². The number of ether oxygens (including phenoxy) is 1. The van der Waals surface area contributed by atoms with E-state index in [0.29, 0.717) is 12.0 Å². The quantitative estimate of drug-likeness (QED) is 0.686. The maximum Gasteiger partial charge on any atom is 0.410 e. The Morgan fingerprint density at radius 2 is 2.07 bits per heavy atom. The van der Waals surface area contributed by atoms with E-state index in [2.05, 4.69) is 5.32 Å². The van der Waals surface area contributed by atoms with Gasteiger partial charge < -0.3 is 15.0 Å². The molecule has 1 N–H and O–H groups in total. The molecule has 0 saturated carbocycles. The number of likely N-dealkylation sites (tertiary alicyclic amines) is 1. The van der Waals surface area contributed by atoms with Crippen LogP contribution >= 0.6 is 12.4 Å². The number of carbonyl (C=O) groups excluding carboxylic acids is 1. The van der Waals surface area contributed by atoms with E-state index in [0.717, 1.165) is 19.6 Å². The van der Waals surface area contributed by atoms with Crippen molar-refractivity contribution in [1.82, 2.24) is 10.2 Å². The van der Waals surface area contributed by atoms with Gasteiger partial charge in [0.2, 0.25) is 0 Å². The van der Waals surface area contributed by atoms with Crippen molar-refractivity contribution < 1.29 is 9.53 Å². The zero-order valence-electron chi connectivity index (χ0n) is 9.45. The van der Waals surface area contributed by atoms with Gasteiger partial charge in [0.1, 0.15) is 5.60 Å². The van der Waals surface area contributed by atoms with Crippen LogP contribution in [0.15, 0.2) is 0 Å². The number of fused-ring (bicyclic) bond motifs is 1. The average molecular weight is 235 g/mol. The summed E-state index contributed by atoms with van der Waals surface area (Å²) in [7, 11) is 0. The van der Waals surface area contributed by atoms with Crippen molar-refractivity contribution in [1.29, 1.82) is 0 Å². The molecule has 2 atom stereocenters. The van der Waals surface area contributed by atoms with Crippen molar-refractivity contribution in [3.8, 4) is 0 Å². The monoisotopic (exact) mass is 234 g/mol. The van der Waals surface area contributed by atoms with Crippen molar-refractivity contribution in [3.05, 3.63) is 0 Å². The van der Waals surface area contributed by atoms with Crippen LogP contribution in [0.1, 0.15) is 20.8 Å². The van der Waals surface area contributed by atoms with Gasteiger partial charge in [-0.05, 0) is 20.8 Å². The first kappa shape index (κ1) is 12.6. The zero-order valence-corrected chi connectivity index (χ0v) is 10.3. The van der Waals surface area contributed by atoms with Gasteiger partial charge in [0.05, 0.1) is 0 Å². The van der Waals surface area contributed by atoms with E-state index in [4.69, 9.17) is 4.74 Å². The lowest BCUT2D eigenvalue weighted by molar-refractivity contribution is 0.0290. The van der Waals surface area contributed by atoms with Crippen LogP contribution in [0.3, 0.4) is 0 Å². The van der Waals surface area contributed by atoms with E-state index in [-0.39, 0.29) is 24.1 Å². The lowest BCUT2D eigenvalue weighted by Crippen LogP contribution is -2.51. The van der Waals surface area contributed by atoms with E-state index < -0.39 is 0 Å². The summed E-state index contributed by atoms with van der Waals surface area (Å²) in [5.74, 6) is 0.655. The summed E-state index contributed by atoms with van der Waals surface area (Å²) in [5, 5.41) is 3.31. The molecule has 2 saturated heterocycles. The smallest absolute Gasteiger partial charge is 0.410 e. The molecule has 0 aliphatic carbocycles. The van der Waals surface area contributed by atoms with Crippen molar-refractivity contribution in [2.45, 2.75) is 32.4 Å². The Bertz CT molecular complexity index is 240. The molecule has 15 heavy (non-hydrogen) atoms. The number of rotatable bonds is 0. The molecule has 2 aliphatic heterocycles. The highest BCUT2D eigenvalue weighted by Crippen LogP contribution is 2.24. The van der Waals surface area contributed by atoms with Gasteiger partial charge in [0.15, 0.2) is 0 Å². The second-order valence-electron chi connectivity index (χ2n) is 5.16. The lowest BCUT2D eigenvalue weighted by atomic mass is 9.96. The van der Waals surface area contributed by atoms with E-state index in [1.807, 2.05) is 20.8 Å². The molecule has 0 bridgehead atoms. The van der Waals surface area contributed by atoms with E-state index >= 15 is 0 Å². The molecule has 0 aromatic carbocycles. The predicted octanol–water partition coefficient (Wildman–Crippen LogP) is 1.25. The van der Waals surface area contributed by atoms with Gasteiger partial charge in [-0.25, -0.2) is 4.79 Å². The molecule has 0 unspecified atom stereocenters. The van der Waals surface area contributed by atoms with Gasteiger partial charge in [-0.2, -0.15) is 0 Å². The van der Waals surface area contributed by atoms with E-state index in [1.165, 1.54) is 0 Å². The number of halogens is 1. The minimum atomic E-state index is -0.383. The molecule has 0 radical (unpaired) electrons. The number of amides is 1. The Hall–Kier alpha value is -0.480. The molecule has 2 aliphatic rings. The summed E-state index contributed by atoms with van der Waals surface area (Å²) in [6.45, 7) is 8.39. The second-order valence-corrected chi connectivity index (χ2v) is 5.16. The number of nitrogens with one attached hydrogen (secondary N) is 1. The molecule has 0 aromatic heterocycles. The minimum Gasteiger partial charge on any atom is -0.444 e. The molecule has 4 nitrogen and oxygen atoms in total. The normalized spacial score (nSPS) is 28.9. The summed E-state index contributed by atoms with van der Waals surface area (Å²) in [6.07, 6.45) is -0.172. The number of hydrogen-bond donors (Lipinski definition) is 1. The first-order valence-corrected chi connectivity index (χ1v) is 5.17. The predicted molar refractivity (Wildman–Crippen MR) is 60.3 cm³/mol. The maximum absolute atomic E-state index is 11.7. The van der Waals surface area contributed by atoms with Crippen LogP contribution in [-0.2, 0) is 4.74 Å². The van der Waals surface area contributed by atoms with Crippen LogP contribution in [-0.4, -0.2) is 42.3 Å². The third-order valence-electron chi connectivity index (χ3n) is 2.73. The molecule has 2 heterocycles. The molecule has 0 aromatic rings. The summed E-state index contributed by atoms with van der Waals surface area (Å²) in [6, 6.07) is 0.516. The van der Waals surface area contributed by atoms with Crippen LogP contribution in [0.5, 0.6) is 0 Å². The topological polar surface area (TPSA) is 41.6 Å². The average Bonchev–Trinajstić information content (AvgIpc) is 2.24. The zero-order chi connectivity index (χ0) is 10.3. The standard InChI is InChI=1S/C10H18N2O2.ClH/c1-10(2,3)14-9(13)12-5-7-4-11-8(7)6-12;/h7-8,11H,4-6H2,1-3H3;1H/t7-,8+;/m0./s1. The maximum atomic E-state index is 11.7. The van der Waals surface area contributed by atoms with Gasteiger partial charge in [-0.3, -0.25) is 0 Å². The molecule has 88 valence electrons. The molecular formula is C10H19ClN2O2. The molecule has 0 spiro atoms. The SMILES string of the molecule is CC(C)(C)OC(=O)N1C[C@@H]2CN[C@@H]2C1.Cl. The Balaban J connectivity index is 0.00000112. The van der Waals surface area contributed by atoms with Crippen molar-refractivity contribution in [2.24, 2.45) is 5.92 Å². The van der Waals surface area contributed by atoms with Crippen LogP contribution in [0, 0.1) is 5.92 Å². The molecular weight excluding hydrogens is 216 g/mol. The summed E-state index contributed by atoms with van der Waals surface area (Å²) < 4.78 is 5.31. The minimum absolute atomic E-state index is 0.